The Balaban J connectivity index is 1.50. The maximum Gasteiger partial charge on any atom is 0.279 e. The summed E-state index contributed by atoms with van der Waals surface area (Å²) < 4.78 is 36.5. The predicted molar refractivity (Wildman–Crippen MR) is 147 cm³/mol. The normalized spacial score (nSPS) is 17.6. The zero-order valence-corrected chi connectivity index (χ0v) is 22.7. The summed E-state index contributed by atoms with van der Waals surface area (Å²) in [7, 11) is -3.59. The lowest BCUT2D eigenvalue weighted by molar-refractivity contribution is 0.0996. The number of ether oxygens (including phenoxy) is 1. The van der Waals surface area contributed by atoms with Gasteiger partial charge in [0.1, 0.15) is 0 Å². The summed E-state index contributed by atoms with van der Waals surface area (Å²) in [6.45, 7) is 6.13. The second-order valence-corrected chi connectivity index (χ2v) is 12.1. The summed E-state index contributed by atoms with van der Waals surface area (Å²) in [4.78, 5) is 18.5. The van der Waals surface area contributed by atoms with Crippen molar-refractivity contribution in [2.45, 2.75) is 50.6 Å². The number of fused-ring (bicyclic) bond motifs is 3. The first-order valence-corrected chi connectivity index (χ1v) is 15.0. The molecule has 0 bridgehead atoms. The van der Waals surface area contributed by atoms with Gasteiger partial charge in [-0.05, 0) is 62.4 Å². The minimum absolute atomic E-state index is 0.0220. The Morgan fingerprint density at radius 3 is 2.62 bits per heavy atom. The monoisotopic (exact) mass is 537 g/mol. The molecule has 3 aromatic carbocycles. The van der Waals surface area contributed by atoms with Crippen LogP contribution in [0.1, 0.15) is 43.5 Å². The zero-order chi connectivity index (χ0) is 26.0. The van der Waals surface area contributed by atoms with Crippen molar-refractivity contribution in [3.8, 4) is 0 Å². The molecule has 1 amide bonds. The van der Waals surface area contributed by atoms with Crippen molar-refractivity contribution in [1.29, 1.82) is 0 Å². The van der Waals surface area contributed by atoms with Gasteiger partial charge < -0.3 is 9.30 Å². The van der Waals surface area contributed by atoms with Crippen LogP contribution in [0.2, 0.25) is 0 Å². The maximum absolute atomic E-state index is 13.2. The number of rotatable bonds is 7. The molecule has 1 atom stereocenters. The van der Waals surface area contributed by atoms with Crippen molar-refractivity contribution in [2.24, 2.45) is 4.99 Å². The van der Waals surface area contributed by atoms with E-state index >= 15 is 0 Å². The fourth-order valence-corrected chi connectivity index (χ4v) is 7.77. The van der Waals surface area contributed by atoms with Gasteiger partial charge in [-0.3, -0.25) is 4.79 Å². The molecule has 1 saturated heterocycles. The molecule has 1 fully saturated rings. The highest BCUT2D eigenvalue weighted by atomic mass is 32.2. The van der Waals surface area contributed by atoms with Crippen molar-refractivity contribution in [3.63, 3.8) is 0 Å². The summed E-state index contributed by atoms with van der Waals surface area (Å²) in [5, 5.41) is 2.25. The molecule has 1 aromatic heterocycles. The van der Waals surface area contributed by atoms with Gasteiger partial charge in [-0.1, -0.05) is 48.1 Å². The van der Waals surface area contributed by atoms with Gasteiger partial charge in [-0.2, -0.15) is 9.30 Å². The molecule has 0 aliphatic carbocycles. The van der Waals surface area contributed by atoms with Gasteiger partial charge >= 0.3 is 0 Å². The number of nitrogens with zero attached hydrogens (tertiary/aromatic N) is 3. The molecular weight excluding hydrogens is 506 g/mol. The number of benzene rings is 3. The Morgan fingerprint density at radius 1 is 1.08 bits per heavy atom. The van der Waals surface area contributed by atoms with Crippen LogP contribution in [0.15, 0.2) is 70.6 Å². The number of carbonyl (C=O) groups excluding carboxylic acids is 1. The molecule has 0 radical (unpaired) electrons. The summed E-state index contributed by atoms with van der Waals surface area (Å²) in [5.74, 6) is -0.406. The third-order valence-electron chi connectivity index (χ3n) is 6.88. The molecule has 0 spiro atoms. The summed E-state index contributed by atoms with van der Waals surface area (Å²) in [6.07, 6.45) is 2.77. The second kappa shape index (κ2) is 10.9. The molecule has 4 aromatic rings. The van der Waals surface area contributed by atoms with E-state index in [0.29, 0.717) is 36.7 Å². The first-order valence-electron chi connectivity index (χ1n) is 12.7. The number of amides is 1. The van der Waals surface area contributed by atoms with E-state index in [1.807, 2.05) is 30.5 Å². The Kier molecular flexibility index (Phi) is 7.57. The predicted octanol–water partition coefficient (Wildman–Crippen LogP) is 5.20. The van der Waals surface area contributed by atoms with Crippen LogP contribution in [-0.4, -0.2) is 49.0 Å². The van der Waals surface area contributed by atoms with Gasteiger partial charge in [0.25, 0.3) is 5.91 Å². The van der Waals surface area contributed by atoms with Crippen LogP contribution in [0.3, 0.4) is 0 Å². The van der Waals surface area contributed by atoms with Crippen LogP contribution in [0.25, 0.3) is 21.0 Å². The fraction of sp³-hybridized carbons (Fsp3) is 0.357. The standard InChI is InChI=1S/C28H31N3O4S2/c1-3-35-19-18-30-25-16-13-21-9-4-5-10-24(21)26(25)36-28(30)29-27(32)22-11-14-23(15-12-22)37(33,34)31-17-7-6-8-20(31)2/h4-5,9-16,20H,3,6-8,17-19H2,1-2H3. The Morgan fingerprint density at radius 2 is 1.86 bits per heavy atom. The highest BCUT2D eigenvalue weighted by Gasteiger charge is 2.30. The van der Waals surface area contributed by atoms with Gasteiger partial charge in [-0.25, -0.2) is 8.42 Å². The molecule has 37 heavy (non-hydrogen) atoms. The number of sulfonamides is 1. The minimum Gasteiger partial charge on any atom is -0.380 e. The van der Waals surface area contributed by atoms with Gasteiger partial charge in [-0.15, -0.1) is 0 Å². The van der Waals surface area contributed by atoms with Crippen molar-refractivity contribution >= 4 is 48.3 Å². The van der Waals surface area contributed by atoms with Crippen LogP contribution in [0.5, 0.6) is 0 Å². The smallest absolute Gasteiger partial charge is 0.279 e. The summed E-state index contributed by atoms with van der Waals surface area (Å²) >= 11 is 1.48. The van der Waals surface area contributed by atoms with E-state index < -0.39 is 15.9 Å². The van der Waals surface area contributed by atoms with E-state index in [4.69, 9.17) is 4.74 Å². The molecule has 0 saturated carbocycles. The van der Waals surface area contributed by atoms with E-state index in [-0.39, 0.29) is 10.9 Å². The van der Waals surface area contributed by atoms with E-state index in [0.717, 1.165) is 40.3 Å². The molecule has 2 heterocycles. The molecule has 0 N–H and O–H groups in total. The number of thiazole rings is 1. The average molecular weight is 538 g/mol. The summed E-state index contributed by atoms with van der Waals surface area (Å²) in [6, 6.07) is 18.4. The average Bonchev–Trinajstić information content (AvgIpc) is 3.26. The van der Waals surface area contributed by atoms with Crippen molar-refractivity contribution < 1.29 is 17.9 Å². The van der Waals surface area contributed by atoms with Crippen LogP contribution < -0.4 is 4.80 Å². The van der Waals surface area contributed by atoms with Crippen LogP contribution in [0.4, 0.5) is 0 Å². The van der Waals surface area contributed by atoms with Gasteiger partial charge in [0, 0.05) is 36.7 Å². The molecule has 1 unspecified atom stereocenters. The highest BCUT2D eigenvalue weighted by Crippen LogP contribution is 2.28. The topological polar surface area (TPSA) is 81.0 Å². The first-order chi connectivity index (χ1) is 17.9. The number of hydrogen-bond acceptors (Lipinski definition) is 5. The molecule has 9 heteroatoms. The van der Waals surface area contributed by atoms with E-state index in [2.05, 4.69) is 29.3 Å². The van der Waals surface area contributed by atoms with Gasteiger partial charge in [0.2, 0.25) is 10.0 Å². The maximum atomic E-state index is 13.2. The van der Waals surface area contributed by atoms with Crippen LogP contribution in [0, 0.1) is 0 Å². The second-order valence-electron chi connectivity index (χ2n) is 9.27. The molecule has 1 aliphatic rings. The Labute approximate surface area is 221 Å². The number of hydrogen-bond donors (Lipinski definition) is 0. The van der Waals surface area contributed by atoms with Gasteiger partial charge in [0.05, 0.1) is 21.7 Å². The number of aromatic nitrogens is 1. The van der Waals surface area contributed by atoms with Gasteiger partial charge in [0.15, 0.2) is 4.80 Å². The third kappa shape index (κ3) is 5.13. The van der Waals surface area contributed by atoms with Crippen LogP contribution >= 0.6 is 11.3 Å². The van der Waals surface area contributed by atoms with E-state index in [1.165, 1.54) is 23.5 Å². The van der Waals surface area contributed by atoms with Crippen molar-refractivity contribution in [2.75, 3.05) is 19.8 Å². The Hall–Kier alpha value is -2.85. The number of carbonyl (C=O) groups is 1. The van der Waals surface area contributed by atoms with Crippen LogP contribution in [-0.2, 0) is 21.3 Å². The zero-order valence-electron chi connectivity index (χ0n) is 21.1. The van der Waals surface area contributed by atoms with E-state index in [1.54, 1.807) is 16.4 Å². The van der Waals surface area contributed by atoms with Crippen molar-refractivity contribution in [3.05, 3.63) is 71.0 Å². The summed E-state index contributed by atoms with van der Waals surface area (Å²) in [5.41, 5.74) is 1.36. The SMILES string of the molecule is CCOCCn1c(=NC(=O)c2ccc(S(=O)(=O)N3CCCCC3C)cc2)sc2c3ccccc3ccc21. The van der Waals surface area contributed by atoms with Crippen molar-refractivity contribution in [1.82, 2.24) is 8.87 Å². The Bertz CT molecular complexity index is 1600. The third-order valence-corrected chi connectivity index (χ3v) is 10.0. The lowest BCUT2D eigenvalue weighted by atomic mass is 10.1. The molecular formula is C28H31N3O4S2. The minimum atomic E-state index is -3.59. The quantitative estimate of drug-likeness (QED) is 0.304. The molecule has 1 aliphatic heterocycles. The first kappa shape index (κ1) is 25.8. The largest absolute Gasteiger partial charge is 0.380 e. The van der Waals surface area contributed by atoms with E-state index in [9.17, 15) is 13.2 Å². The molecule has 194 valence electrons. The fourth-order valence-electron chi connectivity index (χ4n) is 4.89. The molecule has 5 rings (SSSR count). The molecule has 7 nitrogen and oxygen atoms in total. The number of piperidine rings is 1. The lowest BCUT2D eigenvalue weighted by Gasteiger charge is -2.32. The highest BCUT2D eigenvalue weighted by molar-refractivity contribution is 7.89. The lowest BCUT2D eigenvalue weighted by Crippen LogP contribution is -2.41.